The zero-order valence-electron chi connectivity index (χ0n) is 10.8. The van der Waals surface area contributed by atoms with E-state index in [9.17, 15) is 4.79 Å². The molecule has 1 N–H and O–H groups in total. The third-order valence-electron chi connectivity index (χ3n) is 3.10. The molecule has 0 aromatic carbocycles. The van der Waals surface area contributed by atoms with E-state index >= 15 is 0 Å². The molecular formula is C13H26N2O. The molecule has 1 heterocycles. The number of amides is 1. The van der Waals surface area contributed by atoms with Gasteiger partial charge in [-0.05, 0) is 12.8 Å². The summed E-state index contributed by atoms with van der Waals surface area (Å²) in [5, 5.41) is 3.30. The van der Waals surface area contributed by atoms with Gasteiger partial charge in [-0.3, -0.25) is 4.79 Å². The zero-order valence-corrected chi connectivity index (χ0v) is 10.8. The van der Waals surface area contributed by atoms with Crippen LogP contribution in [0.2, 0.25) is 0 Å². The van der Waals surface area contributed by atoms with Crippen molar-refractivity contribution in [2.24, 2.45) is 0 Å². The molecule has 3 heteroatoms. The Balaban J connectivity index is 2.22. The lowest BCUT2D eigenvalue weighted by Crippen LogP contribution is -2.36. The summed E-state index contributed by atoms with van der Waals surface area (Å²) in [7, 11) is 0. The van der Waals surface area contributed by atoms with Crippen molar-refractivity contribution in [1.82, 2.24) is 10.2 Å². The average molecular weight is 226 g/mol. The number of nitrogens with one attached hydrogen (secondary N) is 1. The Bertz CT molecular complexity index is 196. The van der Waals surface area contributed by atoms with Gasteiger partial charge in [-0.25, -0.2) is 0 Å². The minimum Gasteiger partial charge on any atom is -0.343 e. The maximum absolute atomic E-state index is 11.9. The number of carbonyl (C=O) groups is 1. The number of nitrogens with zero attached hydrogens (tertiary/aromatic N) is 1. The lowest BCUT2D eigenvalue weighted by molar-refractivity contribution is -0.131. The molecule has 3 nitrogen and oxygen atoms in total. The molecule has 94 valence electrons. The summed E-state index contributed by atoms with van der Waals surface area (Å²) < 4.78 is 0. The summed E-state index contributed by atoms with van der Waals surface area (Å²) in [6.45, 7) is 6.98. The van der Waals surface area contributed by atoms with E-state index in [-0.39, 0.29) is 0 Å². The molecule has 0 aromatic rings. The average Bonchev–Trinajstić information content (AvgIpc) is 2.15. The van der Waals surface area contributed by atoms with Crippen LogP contribution in [-0.4, -0.2) is 36.5 Å². The molecule has 1 aliphatic rings. The fraction of sp³-hybridized carbons (Fsp3) is 0.923. The van der Waals surface area contributed by atoms with Gasteiger partial charge in [-0.15, -0.1) is 0 Å². The lowest BCUT2D eigenvalue weighted by atomic mass is 10.1. The first-order valence-electron chi connectivity index (χ1n) is 6.71. The zero-order chi connectivity index (χ0) is 11.8. The van der Waals surface area contributed by atoms with Crippen molar-refractivity contribution in [1.29, 1.82) is 0 Å². The monoisotopic (exact) mass is 226 g/mol. The number of rotatable bonds is 4. The van der Waals surface area contributed by atoms with Crippen molar-refractivity contribution >= 4 is 5.91 Å². The molecule has 0 aromatic heterocycles. The molecule has 0 saturated carbocycles. The predicted molar refractivity (Wildman–Crippen MR) is 67.4 cm³/mol. The van der Waals surface area contributed by atoms with Gasteiger partial charge >= 0.3 is 0 Å². The first-order chi connectivity index (χ1) is 7.70. The third-order valence-corrected chi connectivity index (χ3v) is 3.10. The minimum atomic E-state index is 0.329. The van der Waals surface area contributed by atoms with Gasteiger partial charge in [0, 0.05) is 32.1 Å². The van der Waals surface area contributed by atoms with Crippen molar-refractivity contribution in [3.63, 3.8) is 0 Å². The van der Waals surface area contributed by atoms with Crippen LogP contribution in [0.4, 0.5) is 0 Å². The molecule has 1 saturated heterocycles. The van der Waals surface area contributed by atoms with E-state index in [1.807, 2.05) is 0 Å². The summed E-state index contributed by atoms with van der Waals surface area (Å²) in [6, 6.07) is 0.472. The lowest BCUT2D eigenvalue weighted by Gasteiger charge is -2.25. The topological polar surface area (TPSA) is 32.3 Å². The Morgan fingerprint density at radius 2 is 1.69 bits per heavy atom. The molecule has 0 unspecified atom stereocenters. The van der Waals surface area contributed by atoms with Crippen molar-refractivity contribution in [2.75, 3.05) is 19.6 Å². The van der Waals surface area contributed by atoms with Gasteiger partial charge in [-0.1, -0.05) is 33.1 Å². The van der Waals surface area contributed by atoms with E-state index in [2.05, 4.69) is 24.1 Å². The number of carbonyl (C=O) groups excluding carboxylic acids is 1. The van der Waals surface area contributed by atoms with Gasteiger partial charge in [0.1, 0.15) is 0 Å². The van der Waals surface area contributed by atoms with E-state index < -0.39 is 0 Å². The van der Waals surface area contributed by atoms with E-state index in [0.29, 0.717) is 18.4 Å². The second-order valence-corrected chi connectivity index (χ2v) is 5.01. The molecule has 0 atom stereocenters. The smallest absolute Gasteiger partial charge is 0.223 e. The SMILES string of the molecule is CC(C)NCCC(=O)N1CCCCCCC1. The van der Waals surface area contributed by atoms with Crippen LogP contribution in [0, 0.1) is 0 Å². The van der Waals surface area contributed by atoms with E-state index in [1.54, 1.807) is 0 Å². The van der Waals surface area contributed by atoms with Crippen molar-refractivity contribution in [3.8, 4) is 0 Å². The summed E-state index contributed by atoms with van der Waals surface area (Å²) >= 11 is 0. The van der Waals surface area contributed by atoms with Crippen LogP contribution in [0.25, 0.3) is 0 Å². The molecular weight excluding hydrogens is 200 g/mol. The van der Waals surface area contributed by atoms with Crippen LogP contribution in [0.3, 0.4) is 0 Å². The Morgan fingerprint density at radius 1 is 1.12 bits per heavy atom. The van der Waals surface area contributed by atoms with Crippen LogP contribution < -0.4 is 5.32 Å². The van der Waals surface area contributed by atoms with Crippen LogP contribution in [0.15, 0.2) is 0 Å². The van der Waals surface area contributed by atoms with E-state index in [0.717, 1.165) is 19.6 Å². The van der Waals surface area contributed by atoms with Crippen LogP contribution >= 0.6 is 0 Å². The molecule has 16 heavy (non-hydrogen) atoms. The Kier molecular flexibility index (Phi) is 6.46. The Labute approximate surface area is 99.6 Å². The molecule has 1 amide bonds. The minimum absolute atomic E-state index is 0.329. The van der Waals surface area contributed by atoms with Gasteiger partial charge in [0.05, 0.1) is 0 Å². The van der Waals surface area contributed by atoms with Crippen molar-refractivity contribution < 1.29 is 4.79 Å². The highest BCUT2D eigenvalue weighted by Crippen LogP contribution is 2.11. The first kappa shape index (κ1) is 13.5. The second kappa shape index (κ2) is 7.66. The standard InChI is InChI=1S/C13H26N2O/c1-12(2)14-9-8-13(16)15-10-6-4-3-5-7-11-15/h12,14H,3-11H2,1-2H3. The number of likely N-dealkylation sites (tertiary alicyclic amines) is 1. The molecule has 1 aliphatic heterocycles. The molecule has 0 aliphatic carbocycles. The van der Waals surface area contributed by atoms with Gasteiger partial charge in [-0.2, -0.15) is 0 Å². The first-order valence-corrected chi connectivity index (χ1v) is 6.71. The third kappa shape index (κ3) is 5.50. The van der Waals surface area contributed by atoms with Gasteiger partial charge in [0.2, 0.25) is 5.91 Å². The number of hydrogen-bond acceptors (Lipinski definition) is 2. The fourth-order valence-electron chi connectivity index (χ4n) is 2.12. The normalized spacial score (nSPS) is 18.3. The van der Waals surface area contributed by atoms with Gasteiger partial charge in [0.15, 0.2) is 0 Å². The predicted octanol–water partition coefficient (Wildman–Crippen LogP) is 2.17. The van der Waals surface area contributed by atoms with Crippen molar-refractivity contribution in [2.45, 2.75) is 58.4 Å². The maximum atomic E-state index is 11.9. The van der Waals surface area contributed by atoms with Crippen LogP contribution in [0.5, 0.6) is 0 Å². The number of hydrogen-bond donors (Lipinski definition) is 1. The maximum Gasteiger partial charge on any atom is 0.223 e. The van der Waals surface area contributed by atoms with Crippen LogP contribution in [-0.2, 0) is 4.79 Å². The van der Waals surface area contributed by atoms with Crippen LogP contribution in [0.1, 0.15) is 52.4 Å². The Morgan fingerprint density at radius 3 is 2.25 bits per heavy atom. The summed E-state index contributed by atoms with van der Waals surface area (Å²) in [5.74, 6) is 0.329. The highest BCUT2D eigenvalue weighted by atomic mass is 16.2. The molecule has 0 bridgehead atoms. The molecule has 1 rings (SSSR count). The summed E-state index contributed by atoms with van der Waals surface area (Å²) in [4.78, 5) is 14.0. The summed E-state index contributed by atoms with van der Waals surface area (Å²) in [6.07, 6.45) is 6.93. The largest absolute Gasteiger partial charge is 0.343 e. The summed E-state index contributed by atoms with van der Waals surface area (Å²) in [5.41, 5.74) is 0. The van der Waals surface area contributed by atoms with Gasteiger partial charge in [0.25, 0.3) is 0 Å². The highest BCUT2D eigenvalue weighted by molar-refractivity contribution is 5.76. The van der Waals surface area contributed by atoms with E-state index in [4.69, 9.17) is 0 Å². The van der Waals surface area contributed by atoms with Gasteiger partial charge < -0.3 is 10.2 Å². The molecule has 1 fully saturated rings. The second-order valence-electron chi connectivity index (χ2n) is 5.01. The van der Waals surface area contributed by atoms with E-state index in [1.165, 1.54) is 32.1 Å². The molecule has 0 spiro atoms. The molecule has 0 radical (unpaired) electrons. The highest BCUT2D eigenvalue weighted by Gasteiger charge is 2.13. The fourth-order valence-corrected chi connectivity index (χ4v) is 2.12. The van der Waals surface area contributed by atoms with Crippen molar-refractivity contribution in [3.05, 3.63) is 0 Å². The quantitative estimate of drug-likeness (QED) is 0.797. The Hall–Kier alpha value is -0.570.